The number of ether oxygens (including phenoxy) is 2. The van der Waals surface area contributed by atoms with Crippen LogP contribution in [0.3, 0.4) is 0 Å². The van der Waals surface area contributed by atoms with E-state index < -0.39 is 0 Å². The molecule has 0 spiro atoms. The van der Waals surface area contributed by atoms with Crippen LogP contribution in [0, 0.1) is 0 Å². The van der Waals surface area contributed by atoms with Crippen molar-refractivity contribution < 1.29 is 9.47 Å². The molecule has 1 aliphatic rings. The van der Waals surface area contributed by atoms with E-state index in [-0.39, 0.29) is 12.2 Å². The third-order valence-corrected chi connectivity index (χ3v) is 4.14. The molecule has 4 N–H and O–H groups in total. The summed E-state index contributed by atoms with van der Waals surface area (Å²) in [6.45, 7) is 6.94. The second-order valence-electron chi connectivity index (χ2n) is 5.75. The van der Waals surface area contributed by atoms with E-state index in [1.165, 1.54) is 0 Å². The Hall–Kier alpha value is -2.54. The summed E-state index contributed by atoms with van der Waals surface area (Å²) in [5, 5.41) is 0. The summed E-state index contributed by atoms with van der Waals surface area (Å²) >= 11 is 0. The molecular formula is C17H23N5O2. The van der Waals surface area contributed by atoms with E-state index in [9.17, 15) is 0 Å². The molecule has 0 bridgehead atoms. The van der Waals surface area contributed by atoms with Crippen LogP contribution in [-0.2, 0) is 6.42 Å². The van der Waals surface area contributed by atoms with Gasteiger partial charge in [-0.25, -0.2) is 4.98 Å². The van der Waals surface area contributed by atoms with E-state index in [0.29, 0.717) is 12.2 Å². The van der Waals surface area contributed by atoms with Gasteiger partial charge in [-0.05, 0) is 30.8 Å². The molecule has 1 aromatic carbocycles. The maximum atomic E-state index is 5.92. The largest absolute Gasteiger partial charge is 0.450 e. The van der Waals surface area contributed by atoms with E-state index in [2.05, 4.69) is 28.7 Å². The fraction of sp³-hybridized carbons (Fsp3) is 0.412. The second-order valence-corrected chi connectivity index (χ2v) is 5.75. The highest BCUT2D eigenvalue weighted by atomic mass is 16.7. The number of rotatable bonds is 6. The van der Waals surface area contributed by atoms with Gasteiger partial charge < -0.3 is 20.9 Å². The zero-order valence-electron chi connectivity index (χ0n) is 14.0. The lowest BCUT2D eigenvalue weighted by molar-refractivity contribution is 0.0176. The maximum absolute atomic E-state index is 5.92. The quantitative estimate of drug-likeness (QED) is 0.831. The fourth-order valence-corrected chi connectivity index (χ4v) is 2.72. The Balaban J connectivity index is 1.70. The number of nitrogens with two attached hydrogens (primary N) is 2. The molecule has 128 valence electrons. The fourth-order valence-electron chi connectivity index (χ4n) is 2.72. The van der Waals surface area contributed by atoms with Gasteiger partial charge in [-0.15, -0.1) is 0 Å². The van der Waals surface area contributed by atoms with Crippen molar-refractivity contribution >= 4 is 11.8 Å². The maximum Gasteiger partial charge on any atom is 0.254 e. The zero-order valence-corrected chi connectivity index (χ0v) is 14.0. The molecule has 2 heterocycles. The van der Waals surface area contributed by atoms with Crippen LogP contribution in [0.25, 0.3) is 0 Å². The average Bonchev–Trinajstić information content (AvgIpc) is 2.97. The van der Waals surface area contributed by atoms with Crippen LogP contribution in [0.2, 0.25) is 0 Å². The molecule has 0 amide bonds. The van der Waals surface area contributed by atoms with Crippen molar-refractivity contribution in [3.05, 3.63) is 35.5 Å². The lowest BCUT2D eigenvalue weighted by Gasteiger charge is -2.21. The molecule has 7 nitrogen and oxygen atoms in total. The predicted octanol–water partition coefficient (Wildman–Crippen LogP) is 1.67. The first kappa shape index (κ1) is 16.3. The van der Waals surface area contributed by atoms with E-state index in [1.54, 1.807) is 6.20 Å². The Kier molecular flexibility index (Phi) is 4.71. The molecule has 3 rings (SSSR count). The second kappa shape index (κ2) is 6.92. The molecule has 0 aliphatic carbocycles. The standard InChI is InChI=1S/C17H23N5O2/c1-3-22(4-2)10-15-23-13-6-5-11(8-14(13)24-15)7-12-9-20-17(19)21-16(12)18/h5-6,8-9,15H,3-4,7,10H2,1-2H3,(H4,18,19,20,21). The van der Waals surface area contributed by atoms with Crippen LogP contribution in [-0.4, -0.2) is 40.8 Å². The molecule has 0 fully saturated rings. The number of fused-ring (bicyclic) bond motifs is 1. The Morgan fingerprint density at radius 1 is 1.12 bits per heavy atom. The van der Waals surface area contributed by atoms with Crippen LogP contribution in [0.5, 0.6) is 11.5 Å². The number of likely N-dealkylation sites (N-methyl/N-ethyl adjacent to an activating group) is 1. The van der Waals surface area contributed by atoms with Gasteiger partial charge in [0.2, 0.25) is 5.95 Å². The predicted molar refractivity (Wildman–Crippen MR) is 92.9 cm³/mol. The van der Waals surface area contributed by atoms with E-state index >= 15 is 0 Å². The number of nitrogen functional groups attached to an aromatic ring is 2. The molecule has 1 atom stereocenters. The van der Waals surface area contributed by atoms with Gasteiger partial charge in [0.05, 0.1) is 6.54 Å². The molecule has 1 aliphatic heterocycles. The molecule has 0 radical (unpaired) electrons. The Morgan fingerprint density at radius 2 is 1.88 bits per heavy atom. The van der Waals surface area contributed by atoms with Gasteiger partial charge in [-0.1, -0.05) is 19.9 Å². The van der Waals surface area contributed by atoms with Crippen molar-refractivity contribution in [1.82, 2.24) is 14.9 Å². The molecule has 2 aromatic rings. The van der Waals surface area contributed by atoms with E-state index in [0.717, 1.165) is 42.3 Å². The minimum atomic E-state index is -0.264. The van der Waals surface area contributed by atoms with Crippen molar-refractivity contribution in [2.75, 3.05) is 31.1 Å². The summed E-state index contributed by atoms with van der Waals surface area (Å²) in [6, 6.07) is 5.91. The highest BCUT2D eigenvalue weighted by molar-refractivity contribution is 5.49. The van der Waals surface area contributed by atoms with Crippen molar-refractivity contribution in [2.45, 2.75) is 26.6 Å². The van der Waals surface area contributed by atoms with Crippen LogP contribution in [0.4, 0.5) is 11.8 Å². The lowest BCUT2D eigenvalue weighted by Crippen LogP contribution is -2.36. The van der Waals surface area contributed by atoms with Gasteiger partial charge >= 0.3 is 0 Å². The summed E-state index contributed by atoms with van der Waals surface area (Å²) in [7, 11) is 0. The monoisotopic (exact) mass is 329 g/mol. The molecular weight excluding hydrogens is 306 g/mol. The molecule has 0 saturated heterocycles. The zero-order chi connectivity index (χ0) is 17.1. The number of hydrogen-bond acceptors (Lipinski definition) is 7. The summed E-state index contributed by atoms with van der Waals surface area (Å²) < 4.78 is 11.8. The minimum absolute atomic E-state index is 0.182. The van der Waals surface area contributed by atoms with Gasteiger partial charge in [-0.3, -0.25) is 4.90 Å². The van der Waals surface area contributed by atoms with Gasteiger partial charge in [-0.2, -0.15) is 4.98 Å². The third-order valence-electron chi connectivity index (χ3n) is 4.14. The van der Waals surface area contributed by atoms with Crippen LogP contribution >= 0.6 is 0 Å². The Morgan fingerprint density at radius 3 is 2.58 bits per heavy atom. The van der Waals surface area contributed by atoms with E-state index in [1.807, 2.05) is 18.2 Å². The number of hydrogen-bond donors (Lipinski definition) is 2. The van der Waals surface area contributed by atoms with Crippen molar-refractivity contribution in [2.24, 2.45) is 0 Å². The van der Waals surface area contributed by atoms with Crippen molar-refractivity contribution in [3.8, 4) is 11.5 Å². The number of benzene rings is 1. The topological polar surface area (TPSA) is 99.5 Å². The van der Waals surface area contributed by atoms with E-state index in [4.69, 9.17) is 20.9 Å². The van der Waals surface area contributed by atoms with Crippen LogP contribution in [0.15, 0.2) is 24.4 Å². The van der Waals surface area contributed by atoms with Gasteiger partial charge in [0.25, 0.3) is 6.29 Å². The Bertz CT molecular complexity index is 718. The molecule has 7 heteroatoms. The van der Waals surface area contributed by atoms with Crippen LogP contribution < -0.4 is 20.9 Å². The van der Waals surface area contributed by atoms with Gasteiger partial charge in [0.1, 0.15) is 5.82 Å². The smallest absolute Gasteiger partial charge is 0.254 e. The average molecular weight is 329 g/mol. The number of aromatic nitrogens is 2. The number of anilines is 2. The highest BCUT2D eigenvalue weighted by Gasteiger charge is 2.25. The molecule has 1 unspecified atom stereocenters. The first-order valence-electron chi connectivity index (χ1n) is 8.14. The summed E-state index contributed by atoms with van der Waals surface area (Å²) in [5.41, 5.74) is 13.3. The lowest BCUT2D eigenvalue weighted by atomic mass is 10.1. The third kappa shape index (κ3) is 3.51. The van der Waals surface area contributed by atoms with Gasteiger partial charge in [0, 0.05) is 18.2 Å². The minimum Gasteiger partial charge on any atom is -0.450 e. The molecule has 1 aromatic heterocycles. The molecule has 0 saturated carbocycles. The first-order chi connectivity index (χ1) is 11.6. The van der Waals surface area contributed by atoms with Crippen molar-refractivity contribution in [3.63, 3.8) is 0 Å². The summed E-state index contributed by atoms with van der Waals surface area (Å²) in [5.74, 6) is 2.12. The van der Waals surface area contributed by atoms with Crippen molar-refractivity contribution in [1.29, 1.82) is 0 Å². The summed E-state index contributed by atoms with van der Waals surface area (Å²) in [6.07, 6.45) is 2.01. The first-order valence-corrected chi connectivity index (χ1v) is 8.14. The SMILES string of the molecule is CCN(CC)CC1Oc2ccc(Cc3cnc(N)nc3N)cc2O1. The number of nitrogens with zero attached hydrogens (tertiary/aromatic N) is 3. The summed E-state index contributed by atoms with van der Waals surface area (Å²) in [4.78, 5) is 10.3. The highest BCUT2D eigenvalue weighted by Crippen LogP contribution is 2.36. The Labute approximate surface area is 141 Å². The van der Waals surface area contributed by atoms with Gasteiger partial charge in [0.15, 0.2) is 11.5 Å². The molecule has 24 heavy (non-hydrogen) atoms. The van der Waals surface area contributed by atoms with Crippen LogP contribution in [0.1, 0.15) is 25.0 Å². The normalized spacial score (nSPS) is 15.9.